The van der Waals surface area contributed by atoms with E-state index in [4.69, 9.17) is 5.11 Å². The summed E-state index contributed by atoms with van der Waals surface area (Å²) >= 11 is 0. The summed E-state index contributed by atoms with van der Waals surface area (Å²) in [6.07, 6.45) is 5.50. The van der Waals surface area contributed by atoms with E-state index in [-0.39, 0.29) is 23.9 Å². The van der Waals surface area contributed by atoms with Crippen LogP contribution < -0.4 is 0 Å². The van der Waals surface area contributed by atoms with Crippen LogP contribution in [0.5, 0.6) is 0 Å². The Bertz CT molecular complexity index is 693. The van der Waals surface area contributed by atoms with Crippen molar-refractivity contribution in [2.45, 2.75) is 69.4 Å². The first-order valence-corrected chi connectivity index (χ1v) is 10.1. The fourth-order valence-electron chi connectivity index (χ4n) is 3.53. The molecule has 2 N–H and O–H groups in total. The first-order valence-electron chi connectivity index (χ1n) is 10.1. The maximum Gasteiger partial charge on any atom is 0.303 e. The van der Waals surface area contributed by atoms with E-state index in [9.17, 15) is 23.5 Å². The van der Waals surface area contributed by atoms with E-state index >= 15 is 0 Å². The molecule has 0 aromatic heterocycles. The minimum absolute atomic E-state index is 0.0132. The number of piperidine rings is 1. The molecule has 1 amide bonds. The third-order valence-electron chi connectivity index (χ3n) is 5.20. The van der Waals surface area contributed by atoms with Crippen molar-refractivity contribution >= 4 is 11.9 Å². The van der Waals surface area contributed by atoms with E-state index < -0.39 is 18.0 Å². The molecule has 0 saturated carbocycles. The van der Waals surface area contributed by atoms with Gasteiger partial charge in [0.25, 0.3) is 0 Å². The number of carboxylic acids is 1. The Labute approximate surface area is 170 Å². The van der Waals surface area contributed by atoms with Crippen molar-refractivity contribution in [2.24, 2.45) is 0 Å². The molecule has 1 aliphatic heterocycles. The average molecular weight is 409 g/mol. The highest BCUT2D eigenvalue weighted by Gasteiger charge is 2.39. The molecular formula is C22H29F2NO4. The molecule has 7 heteroatoms. The van der Waals surface area contributed by atoms with Crippen molar-refractivity contribution in [3.8, 4) is 0 Å². The van der Waals surface area contributed by atoms with Gasteiger partial charge in [-0.25, -0.2) is 0 Å². The number of carbonyl (C=O) groups is 2. The lowest BCUT2D eigenvalue weighted by Crippen LogP contribution is -2.43. The molecule has 29 heavy (non-hydrogen) atoms. The highest BCUT2D eigenvalue weighted by Crippen LogP contribution is 2.32. The van der Waals surface area contributed by atoms with Crippen LogP contribution in [0.15, 0.2) is 42.5 Å². The third kappa shape index (κ3) is 6.92. The second-order valence-electron chi connectivity index (χ2n) is 7.42. The summed E-state index contributed by atoms with van der Waals surface area (Å²) in [6, 6.07) is 6.87. The van der Waals surface area contributed by atoms with Crippen LogP contribution in [0.25, 0.3) is 0 Å². The molecule has 1 fully saturated rings. The number of amides is 1. The van der Waals surface area contributed by atoms with Gasteiger partial charge in [-0.2, -0.15) is 8.78 Å². The predicted octanol–water partition coefficient (Wildman–Crippen LogP) is 4.11. The van der Waals surface area contributed by atoms with Crippen LogP contribution in [0.3, 0.4) is 0 Å². The summed E-state index contributed by atoms with van der Waals surface area (Å²) in [5.41, 5.74) is -0.255. The predicted molar refractivity (Wildman–Crippen MR) is 106 cm³/mol. The number of halogens is 2. The van der Waals surface area contributed by atoms with E-state index in [0.717, 1.165) is 25.3 Å². The minimum Gasteiger partial charge on any atom is -0.481 e. The molecule has 1 saturated heterocycles. The Morgan fingerprint density at radius 3 is 2.59 bits per heavy atom. The second kappa shape index (κ2) is 11.0. The lowest BCUT2D eigenvalue weighted by molar-refractivity contribution is -0.137. The number of aliphatic carboxylic acids is 1. The molecule has 0 radical (unpaired) electrons. The topological polar surface area (TPSA) is 77.8 Å². The Balaban J connectivity index is 1.92. The molecule has 0 spiro atoms. The first-order chi connectivity index (χ1) is 13.8. The zero-order chi connectivity index (χ0) is 21.3. The zero-order valence-electron chi connectivity index (χ0n) is 16.5. The number of alkyl halides is 2. The fourth-order valence-corrected chi connectivity index (χ4v) is 3.53. The van der Waals surface area contributed by atoms with Gasteiger partial charge in [0.2, 0.25) is 5.91 Å². The molecule has 0 aliphatic carbocycles. The van der Waals surface area contributed by atoms with Gasteiger partial charge in [0.1, 0.15) is 6.10 Å². The number of likely N-dealkylation sites (tertiary alicyclic amines) is 1. The van der Waals surface area contributed by atoms with Gasteiger partial charge < -0.3 is 15.1 Å². The van der Waals surface area contributed by atoms with Gasteiger partial charge in [-0.15, -0.1) is 0 Å². The Morgan fingerprint density at radius 1 is 1.21 bits per heavy atom. The van der Waals surface area contributed by atoms with Gasteiger partial charge in [0.05, 0.1) is 6.04 Å². The van der Waals surface area contributed by atoms with Crippen molar-refractivity contribution in [1.29, 1.82) is 0 Å². The third-order valence-corrected chi connectivity index (χ3v) is 5.20. The number of hydrogen-bond donors (Lipinski definition) is 2. The van der Waals surface area contributed by atoms with Gasteiger partial charge in [-0.3, -0.25) is 9.59 Å². The van der Waals surface area contributed by atoms with Crippen LogP contribution in [-0.2, 0) is 15.5 Å². The number of aliphatic hydroxyl groups is 1. The van der Waals surface area contributed by atoms with Crippen LogP contribution in [0.4, 0.5) is 8.78 Å². The molecule has 1 aromatic rings. The lowest BCUT2D eigenvalue weighted by atomic mass is 9.98. The molecule has 5 nitrogen and oxygen atoms in total. The van der Waals surface area contributed by atoms with E-state index in [1.54, 1.807) is 11.0 Å². The highest BCUT2D eigenvalue weighted by molar-refractivity contribution is 5.77. The number of hydrogen-bond acceptors (Lipinski definition) is 3. The van der Waals surface area contributed by atoms with Crippen LogP contribution in [0.1, 0.15) is 56.9 Å². The lowest BCUT2D eigenvalue weighted by Gasteiger charge is -2.34. The van der Waals surface area contributed by atoms with Crippen LogP contribution in [0, 0.1) is 0 Å². The molecule has 0 bridgehead atoms. The summed E-state index contributed by atoms with van der Waals surface area (Å²) in [5.74, 6) is -4.24. The fraction of sp³-hybridized carbons (Fsp3) is 0.545. The van der Waals surface area contributed by atoms with Crippen molar-refractivity contribution in [1.82, 2.24) is 4.90 Å². The van der Waals surface area contributed by atoms with Crippen molar-refractivity contribution in [2.75, 3.05) is 6.54 Å². The molecule has 1 aliphatic rings. The largest absolute Gasteiger partial charge is 0.481 e. The van der Waals surface area contributed by atoms with Crippen LogP contribution >= 0.6 is 0 Å². The Morgan fingerprint density at radius 2 is 1.90 bits per heavy atom. The summed E-state index contributed by atoms with van der Waals surface area (Å²) in [7, 11) is 0. The number of benzene rings is 1. The molecule has 1 aromatic carbocycles. The SMILES string of the molecule is O=C(O)CCCCCCN1C(=O)CCC[C@@H]1/C=C/[C@@H](O)C(F)(F)c1ccccc1. The molecule has 2 rings (SSSR count). The summed E-state index contributed by atoms with van der Waals surface area (Å²) < 4.78 is 28.9. The molecule has 160 valence electrons. The number of carboxylic acid groups (broad SMARTS) is 1. The Kier molecular flexibility index (Phi) is 8.76. The highest BCUT2D eigenvalue weighted by atomic mass is 19.3. The summed E-state index contributed by atoms with van der Waals surface area (Å²) in [6.45, 7) is 0.506. The Hall–Kier alpha value is -2.28. The zero-order valence-corrected chi connectivity index (χ0v) is 16.5. The van der Waals surface area contributed by atoms with Gasteiger partial charge in [0.15, 0.2) is 0 Å². The average Bonchev–Trinajstić information content (AvgIpc) is 2.70. The maximum atomic E-state index is 14.4. The minimum atomic E-state index is -3.41. The summed E-state index contributed by atoms with van der Waals surface area (Å²) in [4.78, 5) is 24.5. The molecule has 2 atom stereocenters. The van der Waals surface area contributed by atoms with Crippen LogP contribution in [-0.4, -0.2) is 45.7 Å². The van der Waals surface area contributed by atoms with E-state index in [0.29, 0.717) is 32.2 Å². The standard InChI is InChI=1S/C22H29F2NO4/c23-22(24,17-9-4-3-5-10-17)19(26)15-14-18-11-8-12-20(27)25(18)16-7-2-1-6-13-21(28)29/h3-5,9-10,14-15,18-19,26H,1-2,6-8,11-13,16H2,(H,28,29)/b15-14+/t18-,19-/m1/s1. The van der Waals surface area contributed by atoms with Crippen molar-refractivity contribution in [3.05, 3.63) is 48.0 Å². The molecule has 1 heterocycles. The van der Waals surface area contributed by atoms with E-state index in [1.165, 1.54) is 30.3 Å². The van der Waals surface area contributed by atoms with Gasteiger partial charge >= 0.3 is 11.9 Å². The van der Waals surface area contributed by atoms with Crippen molar-refractivity contribution < 1.29 is 28.6 Å². The van der Waals surface area contributed by atoms with E-state index in [2.05, 4.69) is 0 Å². The normalized spacial score (nSPS) is 18.9. The van der Waals surface area contributed by atoms with Gasteiger partial charge in [-0.05, 0) is 25.7 Å². The number of rotatable bonds is 11. The number of carbonyl (C=O) groups excluding carboxylic acids is 1. The van der Waals surface area contributed by atoms with Gasteiger partial charge in [0, 0.05) is 24.9 Å². The molecule has 0 unspecified atom stereocenters. The smallest absolute Gasteiger partial charge is 0.303 e. The number of unbranched alkanes of at least 4 members (excludes halogenated alkanes) is 3. The summed E-state index contributed by atoms with van der Waals surface area (Å²) in [5, 5.41) is 18.7. The van der Waals surface area contributed by atoms with E-state index in [1.807, 2.05) is 0 Å². The monoisotopic (exact) mass is 409 g/mol. The second-order valence-corrected chi connectivity index (χ2v) is 7.42. The number of aliphatic hydroxyl groups excluding tert-OH is 1. The first kappa shape index (κ1) is 23.0. The van der Waals surface area contributed by atoms with Crippen LogP contribution in [0.2, 0.25) is 0 Å². The van der Waals surface area contributed by atoms with Crippen molar-refractivity contribution in [3.63, 3.8) is 0 Å². The molecular weight excluding hydrogens is 380 g/mol. The maximum absolute atomic E-state index is 14.4. The number of nitrogens with zero attached hydrogens (tertiary/aromatic N) is 1. The quantitative estimate of drug-likeness (QED) is 0.426. The van der Waals surface area contributed by atoms with Gasteiger partial charge in [-0.1, -0.05) is 55.3 Å².